The monoisotopic (exact) mass is 420 g/mol. The van der Waals surface area contributed by atoms with E-state index in [-0.39, 0.29) is 17.7 Å². The number of benzene rings is 1. The summed E-state index contributed by atoms with van der Waals surface area (Å²) in [4.78, 5) is 6.89. The Balaban J connectivity index is 1.92. The van der Waals surface area contributed by atoms with E-state index in [0.717, 1.165) is 36.9 Å². The Bertz CT molecular complexity index is 683. The molecule has 1 heterocycles. The first-order valence-corrected chi connectivity index (χ1v) is 10.8. The lowest BCUT2D eigenvalue weighted by molar-refractivity contribution is -0.0946. The van der Waals surface area contributed by atoms with Gasteiger partial charge in [0.1, 0.15) is 12.4 Å². The van der Waals surface area contributed by atoms with Gasteiger partial charge in [-0.25, -0.2) is 0 Å². The van der Waals surface area contributed by atoms with Crippen LogP contribution in [0, 0.1) is 6.92 Å². The maximum absolute atomic E-state index is 5.89. The first kappa shape index (κ1) is 24.4. The number of ether oxygens (including phenoxy) is 3. The normalized spacial score (nSPS) is 20.8. The average molecular weight is 421 g/mol. The van der Waals surface area contributed by atoms with Crippen LogP contribution in [0.25, 0.3) is 0 Å². The fraction of sp³-hybridized carbons (Fsp3) is 0.696. The lowest BCUT2D eigenvalue weighted by Crippen LogP contribution is -2.59. The lowest BCUT2D eigenvalue weighted by atomic mass is 10.00. The molecule has 0 bridgehead atoms. The van der Waals surface area contributed by atoms with Crippen molar-refractivity contribution in [2.45, 2.75) is 58.9 Å². The van der Waals surface area contributed by atoms with Crippen LogP contribution in [0.4, 0.5) is 0 Å². The largest absolute Gasteiger partial charge is 0.491 e. The molecule has 1 aliphatic rings. The molecule has 2 atom stereocenters. The highest BCUT2D eigenvalue weighted by molar-refractivity contribution is 5.79. The third-order valence-electron chi connectivity index (χ3n) is 5.40. The second-order valence-corrected chi connectivity index (χ2v) is 8.71. The molecule has 7 nitrogen and oxygen atoms in total. The number of methoxy groups -OCH3 is 1. The van der Waals surface area contributed by atoms with Crippen LogP contribution in [0.3, 0.4) is 0 Å². The fourth-order valence-corrected chi connectivity index (χ4v) is 3.66. The van der Waals surface area contributed by atoms with E-state index in [1.807, 2.05) is 0 Å². The van der Waals surface area contributed by atoms with Gasteiger partial charge in [-0.2, -0.15) is 0 Å². The second kappa shape index (κ2) is 11.5. The summed E-state index contributed by atoms with van der Waals surface area (Å²) in [5.41, 5.74) is 2.25. The molecule has 2 rings (SSSR count). The Hall–Kier alpha value is -1.83. The molecule has 0 saturated carbocycles. The molecule has 2 N–H and O–H groups in total. The highest BCUT2D eigenvalue weighted by Gasteiger charge is 2.33. The Labute approximate surface area is 182 Å². The molecule has 170 valence electrons. The van der Waals surface area contributed by atoms with Gasteiger partial charge in [-0.15, -0.1) is 0 Å². The van der Waals surface area contributed by atoms with Crippen LogP contribution in [0.2, 0.25) is 0 Å². The van der Waals surface area contributed by atoms with Crippen molar-refractivity contribution in [1.82, 2.24) is 15.5 Å². The van der Waals surface area contributed by atoms with Crippen LogP contribution in [0.15, 0.2) is 23.2 Å². The number of aryl methyl sites for hydroxylation is 1. The minimum Gasteiger partial charge on any atom is -0.491 e. The van der Waals surface area contributed by atoms with Gasteiger partial charge in [0, 0.05) is 51.4 Å². The number of rotatable bonds is 9. The molecule has 0 radical (unpaired) electrons. The summed E-state index contributed by atoms with van der Waals surface area (Å²) in [7, 11) is 3.48. The van der Waals surface area contributed by atoms with E-state index < -0.39 is 0 Å². The van der Waals surface area contributed by atoms with Crippen molar-refractivity contribution in [3.8, 4) is 5.75 Å². The van der Waals surface area contributed by atoms with Crippen molar-refractivity contribution in [2.24, 2.45) is 4.99 Å². The summed E-state index contributed by atoms with van der Waals surface area (Å²) < 4.78 is 16.9. The molecule has 1 aliphatic heterocycles. The lowest BCUT2D eigenvalue weighted by Gasteiger charge is -2.45. The Morgan fingerprint density at radius 1 is 1.20 bits per heavy atom. The molecule has 1 fully saturated rings. The van der Waals surface area contributed by atoms with E-state index >= 15 is 0 Å². The van der Waals surface area contributed by atoms with Crippen molar-refractivity contribution in [3.63, 3.8) is 0 Å². The number of aliphatic imine (C=N–C) groups is 1. The van der Waals surface area contributed by atoms with E-state index in [1.165, 1.54) is 5.56 Å². The molecular weight excluding hydrogens is 380 g/mol. The van der Waals surface area contributed by atoms with Crippen LogP contribution >= 0.6 is 0 Å². The van der Waals surface area contributed by atoms with E-state index in [1.54, 1.807) is 14.2 Å². The van der Waals surface area contributed by atoms with Gasteiger partial charge >= 0.3 is 0 Å². The summed E-state index contributed by atoms with van der Waals surface area (Å²) in [5, 5.41) is 6.90. The highest BCUT2D eigenvalue weighted by Crippen LogP contribution is 2.21. The van der Waals surface area contributed by atoms with Crippen molar-refractivity contribution >= 4 is 5.96 Å². The van der Waals surface area contributed by atoms with Crippen LogP contribution in [0.1, 0.15) is 38.8 Å². The van der Waals surface area contributed by atoms with Gasteiger partial charge in [-0.3, -0.25) is 9.89 Å². The zero-order valence-electron chi connectivity index (χ0n) is 19.7. The molecule has 7 heteroatoms. The van der Waals surface area contributed by atoms with Crippen molar-refractivity contribution < 1.29 is 14.2 Å². The van der Waals surface area contributed by atoms with Crippen molar-refractivity contribution in [1.29, 1.82) is 0 Å². The number of morpholine rings is 1. The van der Waals surface area contributed by atoms with Crippen LogP contribution in [-0.2, 0) is 16.0 Å². The number of nitrogens with zero attached hydrogens (tertiary/aromatic N) is 2. The molecule has 1 saturated heterocycles. The second-order valence-electron chi connectivity index (χ2n) is 8.71. The Morgan fingerprint density at radius 3 is 2.53 bits per heavy atom. The maximum Gasteiger partial charge on any atom is 0.191 e. The quantitative estimate of drug-likeness (QED) is 0.364. The van der Waals surface area contributed by atoms with Gasteiger partial charge < -0.3 is 24.8 Å². The molecule has 1 aromatic carbocycles. The van der Waals surface area contributed by atoms with E-state index in [4.69, 9.17) is 14.2 Å². The number of hydrogen-bond donors (Lipinski definition) is 2. The molecule has 0 amide bonds. The van der Waals surface area contributed by atoms with Gasteiger partial charge in [0.15, 0.2) is 5.96 Å². The Morgan fingerprint density at radius 2 is 1.90 bits per heavy atom. The number of guanidine groups is 1. The predicted molar refractivity (Wildman–Crippen MR) is 122 cm³/mol. The summed E-state index contributed by atoms with van der Waals surface area (Å²) in [6, 6.07) is 6.26. The Kier molecular flexibility index (Phi) is 9.39. The number of nitrogens with one attached hydrogen (secondary N) is 2. The van der Waals surface area contributed by atoms with E-state index in [0.29, 0.717) is 19.8 Å². The molecule has 2 unspecified atom stereocenters. The predicted octanol–water partition coefficient (Wildman–Crippen LogP) is 2.57. The maximum atomic E-state index is 5.89. The van der Waals surface area contributed by atoms with Crippen molar-refractivity contribution in [3.05, 3.63) is 29.3 Å². The van der Waals surface area contributed by atoms with Gasteiger partial charge in [0.2, 0.25) is 0 Å². The average Bonchev–Trinajstić information content (AvgIpc) is 2.69. The van der Waals surface area contributed by atoms with Gasteiger partial charge in [0.25, 0.3) is 0 Å². The third-order valence-corrected chi connectivity index (χ3v) is 5.40. The fourth-order valence-electron chi connectivity index (χ4n) is 3.66. The SMILES string of the molecule is CN=C(NCc1ccc(C)cc1OCCOC)NCC(C)(C)N1CC(C)OC(C)C1. The van der Waals surface area contributed by atoms with Gasteiger partial charge in [0.05, 0.1) is 18.8 Å². The van der Waals surface area contributed by atoms with Gasteiger partial charge in [-0.05, 0) is 46.2 Å². The molecule has 0 spiro atoms. The number of hydrogen-bond acceptors (Lipinski definition) is 5. The summed E-state index contributed by atoms with van der Waals surface area (Å²) >= 11 is 0. The van der Waals surface area contributed by atoms with E-state index in [2.05, 4.69) is 73.3 Å². The summed E-state index contributed by atoms with van der Waals surface area (Å²) in [6.45, 7) is 15.3. The highest BCUT2D eigenvalue weighted by atomic mass is 16.5. The smallest absolute Gasteiger partial charge is 0.191 e. The molecule has 0 aliphatic carbocycles. The minimum atomic E-state index is -0.0117. The topological polar surface area (TPSA) is 67.4 Å². The molecular formula is C23H40N4O3. The summed E-state index contributed by atoms with van der Waals surface area (Å²) in [5.74, 6) is 1.66. The first-order valence-electron chi connectivity index (χ1n) is 10.8. The van der Waals surface area contributed by atoms with Crippen LogP contribution in [0.5, 0.6) is 5.75 Å². The zero-order chi connectivity index (χ0) is 22.1. The van der Waals surface area contributed by atoms with E-state index in [9.17, 15) is 0 Å². The minimum absolute atomic E-state index is 0.0117. The third kappa shape index (κ3) is 7.45. The molecule has 1 aromatic rings. The molecule has 0 aromatic heterocycles. The summed E-state index contributed by atoms with van der Waals surface area (Å²) in [6.07, 6.45) is 0.507. The first-order chi connectivity index (χ1) is 14.2. The van der Waals surface area contributed by atoms with Crippen LogP contribution < -0.4 is 15.4 Å². The van der Waals surface area contributed by atoms with Crippen molar-refractivity contribution in [2.75, 3.05) is 47.0 Å². The van der Waals surface area contributed by atoms with Gasteiger partial charge in [-0.1, -0.05) is 12.1 Å². The molecule has 30 heavy (non-hydrogen) atoms. The standard InChI is InChI=1S/C23H40N4O3/c1-17-8-9-20(21(12-17)29-11-10-28-7)13-25-22(24-6)26-16-23(4,5)27-14-18(2)30-19(3)15-27/h8-9,12,18-19H,10-11,13-16H2,1-7H3,(H2,24,25,26). The van der Waals surface area contributed by atoms with Crippen LogP contribution in [-0.4, -0.2) is 75.6 Å². The zero-order valence-corrected chi connectivity index (χ0v) is 19.7.